The third kappa shape index (κ3) is 21.3. The Balaban J connectivity index is 0.000000127. The number of nitrogens with zero attached hydrogens (tertiary/aromatic N) is 15. The normalized spacial score (nSPS) is 13.1. The number of fused-ring (bicyclic) bond motifs is 8. The number of nitrogens with one attached hydrogen (secondary N) is 1. The van der Waals surface area contributed by atoms with Gasteiger partial charge in [0.25, 0.3) is 5.56 Å². The number of nitriles is 1. The van der Waals surface area contributed by atoms with E-state index in [2.05, 4.69) is 74.4 Å². The van der Waals surface area contributed by atoms with Gasteiger partial charge in [0.05, 0.1) is 110 Å². The van der Waals surface area contributed by atoms with Crippen LogP contribution in [-0.2, 0) is 57.2 Å². The fraction of sp³-hybridized carbons (Fsp3) is 0.196. The summed E-state index contributed by atoms with van der Waals surface area (Å²) in [6.45, 7) is 8.39. The number of morpholine rings is 2. The molecule has 8 aromatic carbocycles. The number of aromatic nitrogens is 12. The molecule has 0 saturated carbocycles. The van der Waals surface area contributed by atoms with Crippen LogP contribution in [0.15, 0.2) is 276 Å². The molecular weight excluding hydrogens is 1810 g/mol. The van der Waals surface area contributed by atoms with Gasteiger partial charge in [0.1, 0.15) is 69.1 Å². The number of nitrogens with two attached hydrogens (primary N) is 2. The molecule has 0 atom stereocenters. The van der Waals surface area contributed by atoms with Crippen LogP contribution in [0.5, 0.6) is 5.75 Å². The van der Waals surface area contributed by atoms with Crippen molar-refractivity contribution in [1.29, 1.82) is 5.26 Å². The SMILES string of the molecule is CS(=O)(=O)CCCCc1ccc(-c2ccc3ncnc(Nc4ccc(OCc5cccc(F)c5)c(Cl)c4)c3c2)o1.Cn1c(=O)n(-c2ccc(C(C)(C)C#N)cc2)c2c3cc(-c4cnc5ccccc5c4)ccc3ncc21.Nc1cc(C(F)(F)F)c(-c2cc(N3CCOCC3)nc(N3CCOCC3)n2)cn1.Nc1ccc(-c2ccc3ncc4ccc(=O)n(-c5cccc(C(F)(F)F)c5)c4c3c2)cn1. The second-order valence-corrected chi connectivity index (χ2v) is 35.8. The number of hydrogen-bond donors (Lipinski definition) is 3. The number of anilines is 6. The predicted molar refractivity (Wildman–Crippen MR) is 517 cm³/mol. The molecule has 0 spiro atoms. The molecule has 35 heteroatoms. The first kappa shape index (κ1) is 93.2. The Morgan fingerprint density at radius 3 is 1.93 bits per heavy atom. The van der Waals surface area contributed by atoms with Gasteiger partial charge in [-0.05, 0) is 201 Å². The summed E-state index contributed by atoms with van der Waals surface area (Å²) in [5.74, 6) is 3.58. The number of halogens is 8. The molecule has 2 aliphatic rings. The maximum atomic E-state index is 13.6. The van der Waals surface area contributed by atoms with E-state index in [1.165, 1.54) is 47.5 Å². The largest absolute Gasteiger partial charge is 0.487 e. The van der Waals surface area contributed by atoms with E-state index in [1.807, 2.05) is 139 Å². The van der Waals surface area contributed by atoms with Gasteiger partial charge < -0.3 is 45.2 Å². The average molecular weight is 1890 g/mol. The van der Waals surface area contributed by atoms with E-state index < -0.39 is 44.3 Å². The van der Waals surface area contributed by atoms with Crippen LogP contribution in [0.1, 0.15) is 54.7 Å². The Morgan fingerprint density at radius 1 is 0.555 bits per heavy atom. The number of pyridine rings is 6. The topological polar surface area (TPSA) is 334 Å². The standard InChI is InChI=1S/C30H27ClFN3O4S.C30H23N5O.C24H15F3N4O.C18H21F3N6O2/c1-40(36,37)14-3-2-7-24-10-13-28(39-24)21-8-11-27-25(16-21)30(34-19-33-27)35-23-9-12-29(26(31)17-23)38-18-20-5-4-6-22(32)15-20;1-30(2,18-31)22-9-11-23(12-10-22)35-28-24-15-19(21-14-20-6-4-5-7-25(20)32-16-21)8-13-26(24)33-17-27(28)34(3)29(35)36;25-24(26,27)17-2-1-3-18(11-17)31-22(32)9-6-16-13-29-20-7-4-14(10-19(20)23(16)31)15-5-8-21(28)30-12-15;19-18(20,21)13-9-15(22)23-11-12(13)14-10-16(26-1-5-28-6-2-26)25-17(24-14)27-3-7-29-8-4-27/h4-6,8-13,15-17,19H,2-3,7,14,18H2,1H3,(H,33,34,35);4-17H,1-3H3;1-13H,(H2,28,30);9-11H,1-8H2,(H2,22,23). The summed E-state index contributed by atoms with van der Waals surface area (Å²) in [4.78, 5) is 69.7. The molecule has 137 heavy (non-hydrogen) atoms. The Kier molecular flexibility index (Phi) is 26.9. The van der Waals surface area contributed by atoms with Crippen LogP contribution in [0.2, 0.25) is 5.02 Å². The van der Waals surface area contributed by atoms with E-state index in [0.717, 1.165) is 119 Å². The fourth-order valence-electron chi connectivity index (χ4n) is 16.1. The van der Waals surface area contributed by atoms with Crippen LogP contribution < -0.4 is 42.6 Å². The van der Waals surface area contributed by atoms with Crippen molar-refractivity contribution >= 4 is 122 Å². The first-order valence-electron chi connectivity index (χ1n) is 43.4. The van der Waals surface area contributed by atoms with Crippen LogP contribution in [0.4, 0.5) is 65.6 Å². The van der Waals surface area contributed by atoms with E-state index in [-0.39, 0.29) is 46.6 Å². The maximum Gasteiger partial charge on any atom is 0.417 e. The molecule has 5 N–H and O–H groups in total. The van der Waals surface area contributed by atoms with Crippen LogP contribution in [0.25, 0.3) is 122 Å². The second kappa shape index (κ2) is 39.5. The van der Waals surface area contributed by atoms with Crippen molar-refractivity contribution < 1.29 is 57.8 Å². The van der Waals surface area contributed by atoms with Crippen LogP contribution in [0, 0.1) is 17.1 Å². The minimum atomic E-state index is -4.59. The molecule has 0 radical (unpaired) electrons. The van der Waals surface area contributed by atoms with Crippen LogP contribution in [0.3, 0.4) is 0 Å². The zero-order valence-electron chi connectivity index (χ0n) is 74.1. The molecule has 18 aromatic rings. The summed E-state index contributed by atoms with van der Waals surface area (Å²) in [5.41, 5.74) is 21.1. The molecule has 2 aliphatic heterocycles. The van der Waals surface area contributed by atoms with Crippen molar-refractivity contribution in [2.45, 2.75) is 57.5 Å². The van der Waals surface area contributed by atoms with Gasteiger partial charge in [-0.2, -0.15) is 36.6 Å². The summed E-state index contributed by atoms with van der Waals surface area (Å²) in [7, 11) is -1.19. The number of ether oxygens (including phenoxy) is 3. The van der Waals surface area contributed by atoms with Gasteiger partial charge in [-0.1, -0.05) is 72.3 Å². The number of hydrogen-bond acceptors (Lipinski definition) is 23. The number of rotatable bonds is 19. The van der Waals surface area contributed by atoms with E-state index in [0.29, 0.717) is 138 Å². The smallest absolute Gasteiger partial charge is 0.417 e. The first-order valence-corrected chi connectivity index (χ1v) is 45.8. The predicted octanol–water partition coefficient (Wildman–Crippen LogP) is 20.3. The van der Waals surface area contributed by atoms with Crippen LogP contribution >= 0.6 is 11.6 Å². The molecule has 0 unspecified atom stereocenters. The average Bonchev–Trinajstić information content (AvgIpc) is 1.68. The third-order valence-electron chi connectivity index (χ3n) is 23.3. The van der Waals surface area contributed by atoms with E-state index >= 15 is 0 Å². The molecule has 0 amide bonds. The van der Waals surface area contributed by atoms with Crippen molar-refractivity contribution in [1.82, 2.24) is 58.6 Å². The van der Waals surface area contributed by atoms with Crippen molar-refractivity contribution in [3.8, 4) is 68.0 Å². The third-order valence-corrected chi connectivity index (χ3v) is 24.6. The maximum absolute atomic E-state index is 13.6. The summed E-state index contributed by atoms with van der Waals surface area (Å²) in [6, 6.07) is 66.5. The number of imidazole rings is 1. The monoisotopic (exact) mass is 1890 g/mol. The van der Waals surface area contributed by atoms with E-state index in [1.54, 1.807) is 83.3 Å². The molecule has 12 heterocycles. The minimum Gasteiger partial charge on any atom is -0.487 e. The Labute approximate surface area is 784 Å². The Bertz CT molecular complexity index is 7850. The van der Waals surface area contributed by atoms with Crippen molar-refractivity contribution in [3.05, 3.63) is 321 Å². The van der Waals surface area contributed by atoms with Gasteiger partial charge in [-0.25, -0.2) is 42.5 Å². The van der Waals surface area contributed by atoms with Gasteiger partial charge in [-0.15, -0.1) is 0 Å². The van der Waals surface area contributed by atoms with Gasteiger partial charge in [0.15, 0.2) is 0 Å². The highest BCUT2D eigenvalue weighted by Crippen LogP contribution is 2.42. The first-order chi connectivity index (χ1) is 65.8. The second-order valence-electron chi connectivity index (χ2n) is 33.2. The lowest BCUT2D eigenvalue weighted by Crippen LogP contribution is -2.39. The Morgan fingerprint density at radius 2 is 1.23 bits per heavy atom. The molecule has 0 bridgehead atoms. The number of unbranched alkanes of at least 4 members (excludes halogenated alkanes) is 1. The summed E-state index contributed by atoms with van der Waals surface area (Å²) >= 11 is 6.47. The fourth-order valence-corrected chi connectivity index (χ4v) is 17.0. The number of benzene rings is 8. The number of aryl methyl sites for hydroxylation is 2. The number of para-hydroxylation sites is 1. The number of nitrogen functional groups attached to an aromatic ring is 2. The molecule has 2 saturated heterocycles. The highest BCUT2D eigenvalue weighted by atomic mass is 35.5. The Hall–Kier alpha value is -15.6. The summed E-state index contributed by atoms with van der Waals surface area (Å²) in [5, 5.41) is 17.2. The highest BCUT2D eigenvalue weighted by molar-refractivity contribution is 7.90. The minimum absolute atomic E-state index is 0.127. The molecule has 0 aliphatic carbocycles. The quantitative estimate of drug-likeness (QED) is 0.0384. The van der Waals surface area contributed by atoms with Crippen molar-refractivity contribution in [2.75, 3.05) is 91.2 Å². The molecule has 20 rings (SSSR count). The van der Waals surface area contributed by atoms with Crippen molar-refractivity contribution in [2.24, 2.45) is 7.05 Å². The summed E-state index contributed by atoms with van der Waals surface area (Å²) < 4.78 is 144. The molecule has 10 aromatic heterocycles. The zero-order chi connectivity index (χ0) is 96.0. The number of furan rings is 1. The van der Waals surface area contributed by atoms with Crippen molar-refractivity contribution in [3.63, 3.8) is 0 Å². The lowest BCUT2D eigenvalue weighted by molar-refractivity contribution is -0.138. The summed E-state index contributed by atoms with van der Waals surface area (Å²) in [6.07, 6.45) is 3.61. The highest BCUT2D eigenvalue weighted by Gasteiger charge is 2.36. The van der Waals surface area contributed by atoms with Gasteiger partial charge in [0.2, 0.25) is 5.95 Å². The molecular formula is C102H86ClF7N18O8S. The van der Waals surface area contributed by atoms with E-state index in [4.69, 9.17) is 41.7 Å². The van der Waals surface area contributed by atoms with Gasteiger partial charge >= 0.3 is 18.0 Å². The van der Waals surface area contributed by atoms with Gasteiger partial charge in [0, 0.05) is 149 Å². The molecule has 694 valence electrons. The zero-order valence-corrected chi connectivity index (χ0v) is 75.7. The lowest BCUT2D eigenvalue weighted by Gasteiger charge is -2.31. The number of sulfone groups is 1. The van der Waals surface area contributed by atoms with E-state index in [9.17, 15) is 54.0 Å². The lowest BCUT2D eigenvalue weighted by atomic mass is 9.86. The molecule has 26 nitrogen and oxygen atoms in total. The molecule has 2 fully saturated rings. The van der Waals surface area contributed by atoms with Crippen LogP contribution in [-0.4, -0.2) is 132 Å². The number of alkyl halides is 6. The van der Waals surface area contributed by atoms with Gasteiger partial charge in [-0.3, -0.25) is 33.4 Å².